The SMILES string of the molecule is Cc1nnc(COC(=O)c2cnn(C)c2Br)n1C1CC1. The summed E-state index contributed by atoms with van der Waals surface area (Å²) in [5, 5.41) is 12.1. The molecule has 0 saturated heterocycles. The lowest BCUT2D eigenvalue weighted by atomic mass is 10.4. The van der Waals surface area contributed by atoms with Crippen LogP contribution in [0.2, 0.25) is 0 Å². The first-order chi connectivity index (χ1) is 9.58. The van der Waals surface area contributed by atoms with Crippen molar-refractivity contribution in [3.8, 4) is 0 Å². The Hall–Kier alpha value is -1.70. The minimum atomic E-state index is -0.423. The number of carbonyl (C=O) groups excluding carboxylic acids is 1. The normalized spacial score (nSPS) is 14.6. The number of aromatic nitrogens is 5. The molecule has 0 amide bonds. The molecule has 3 rings (SSSR count). The van der Waals surface area contributed by atoms with E-state index in [9.17, 15) is 4.79 Å². The van der Waals surface area contributed by atoms with Gasteiger partial charge in [-0.25, -0.2) is 4.79 Å². The van der Waals surface area contributed by atoms with Crippen molar-refractivity contribution in [3.05, 3.63) is 28.0 Å². The number of rotatable bonds is 4. The summed E-state index contributed by atoms with van der Waals surface area (Å²) >= 11 is 3.30. The second-order valence-electron chi connectivity index (χ2n) is 4.81. The Labute approximate surface area is 124 Å². The molecule has 0 spiro atoms. The Morgan fingerprint density at radius 1 is 1.50 bits per heavy atom. The molecule has 0 unspecified atom stereocenters. The van der Waals surface area contributed by atoms with Gasteiger partial charge < -0.3 is 9.30 Å². The zero-order valence-electron chi connectivity index (χ0n) is 11.2. The number of halogens is 1. The molecule has 2 heterocycles. The standard InChI is InChI=1S/C12H14BrN5O2/c1-7-15-16-10(18(7)8-3-4-8)6-20-12(19)9-5-14-17(2)11(9)13/h5,8H,3-4,6H2,1-2H3. The molecule has 1 aliphatic rings. The second kappa shape index (κ2) is 5.01. The number of hydrogen-bond donors (Lipinski definition) is 0. The van der Waals surface area contributed by atoms with Gasteiger partial charge in [-0.3, -0.25) is 4.68 Å². The molecular formula is C12H14BrN5O2. The molecule has 2 aromatic heterocycles. The smallest absolute Gasteiger partial charge is 0.342 e. The van der Waals surface area contributed by atoms with Crippen LogP contribution in [0.5, 0.6) is 0 Å². The van der Waals surface area contributed by atoms with Crippen molar-refractivity contribution in [1.29, 1.82) is 0 Å². The molecule has 0 aliphatic heterocycles. The third-order valence-corrected chi connectivity index (χ3v) is 4.21. The predicted molar refractivity (Wildman–Crippen MR) is 73.1 cm³/mol. The fourth-order valence-corrected chi connectivity index (χ4v) is 2.44. The summed E-state index contributed by atoms with van der Waals surface area (Å²) in [5.41, 5.74) is 0.404. The summed E-state index contributed by atoms with van der Waals surface area (Å²) < 4.78 is 9.50. The van der Waals surface area contributed by atoms with Crippen LogP contribution >= 0.6 is 15.9 Å². The number of nitrogens with zero attached hydrogens (tertiary/aromatic N) is 5. The van der Waals surface area contributed by atoms with Crippen molar-refractivity contribution >= 4 is 21.9 Å². The molecule has 7 nitrogen and oxygen atoms in total. The van der Waals surface area contributed by atoms with Gasteiger partial charge in [-0.2, -0.15) is 5.10 Å². The van der Waals surface area contributed by atoms with Gasteiger partial charge in [0.25, 0.3) is 0 Å². The number of ether oxygens (including phenoxy) is 1. The molecule has 0 atom stereocenters. The quantitative estimate of drug-likeness (QED) is 0.793. The van der Waals surface area contributed by atoms with Crippen LogP contribution in [0.1, 0.15) is 40.9 Å². The highest BCUT2D eigenvalue weighted by molar-refractivity contribution is 9.10. The molecule has 0 radical (unpaired) electrons. The van der Waals surface area contributed by atoms with E-state index in [1.54, 1.807) is 11.7 Å². The minimum absolute atomic E-state index is 0.123. The van der Waals surface area contributed by atoms with Crippen molar-refractivity contribution in [1.82, 2.24) is 24.5 Å². The van der Waals surface area contributed by atoms with Gasteiger partial charge in [-0.1, -0.05) is 0 Å². The molecule has 106 valence electrons. The minimum Gasteiger partial charge on any atom is -0.454 e. The maximum absolute atomic E-state index is 12.0. The first-order valence-electron chi connectivity index (χ1n) is 6.33. The van der Waals surface area contributed by atoms with E-state index in [1.165, 1.54) is 6.20 Å². The van der Waals surface area contributed by atoms with Crippen LogP contribution in [0, 0.1) is 6.92 Å². The van der Waals surface area contributed by atoms with Crippen molar-refractivity contribution in [2.75, 3.05) is 0 Å². The van der Waals surface area contributed by atoms with E-state index in [0.717, 1.165) is 18.7 Å². The van der Waals surface area contributed by atoms with Crippen LogP contribution in [-0.4, -0.2) is 30.5 Å². The fourth-order valence-electron chi connectivity index (χ4n) is 2.09. The van der Waals surface area contributed by atoms with E-state index in [2.05, 4.69) is 31.2 Å². The van der Waals surface area contributed by atoms with Gasteiger partial charge in [0, 0.05) is 13.1 Å². The summed E-state index contributed by atoms with van der Waals surface area (Å²) in [6, 6.07) is 0.462. The zero-order valence-corrected chi connectivity index (χ0v) is 12.8. The topological polar surface area (TPSA) is 74.8 Å². The lowest BCUT2D eigenvalue weighted by molar-refractivity contribution is 0.0456. The van der Waals surface area contributed by atoms with Crippen LogP contribution in [0.15, 0.2) is 10.8 Å². The molecule has 1 fully saturated rings. The van der Waals surface area contributed by atoms with Crippen LogP contribution in [-0.2, 0) is 18.4 Å². The van der Waals surface area contributed by atoms with Crippen LogP contribution in [0.4, 0.5) is 0 Å². The second-order valence-corrected chi connectivity index (χ2v) is 5.56. The highest BCUT2D eigenvalue weighted by Crippen LogP contribution is 2.36. The molecule has 2 aromatic rings. The largest absolute Gasteiger partial charge is 0.454 e. The third-order valence-electron chi connectivity index (χ3n) is 3.27. The van der Waals surface area contributed by atoms with E-state index in [1.807, 2.05) is 11.5 Å². The average Bonchev–Trinajstić information content (AvgIpc) is 3.11. The summed E-state index contributed by atoms with van der Waals surface area (Å²) in [5.74, 6) is 1.13. The van der Waals surface area contributed by atoms with Crippen molar-refractivity contribution in [2.45, 2.75) is 32.4 Å². The fraction of sp³-hybridized carbons (Fsp3) is 0.500. The molecule has 0 aromatic carbocycles. The maximum atomic E-state index is 12.0. The maximum Gasteiger partial charge on any atom is 0.342 e. The number of hydrogen-bond acceptors (Lipinski definition) is 5. The van der Waals surface area contributed by atoms with Gasteiger partial charge in [-0.15, -0.1) is 10.2 Å². The van der Waals surface area contributed by atoms with E-state index in [4.69, 9.17) is 4.74 Å². The van der Waals surface area contributed by atoms with Gasteiger partial charge in [0.15, 0.2) is 12.4 Å². The van der Waals surface area contributed by atoms with Crippen molar-refractivity contribution < 1.29 is 9.53 Å². The Morgan fingerprint density at radius 3 is 2.85 bits per heavy atom. The average molecular weight is 340 g/mol. The van der Waals surface area contributed by atoms with E-state index < -0.39 is 5.97 Å². The first kappa shape index (κ1) is 13.3. The molecule has 8 heteroatoms. The van der Waals surface area contributed by atoms with E-state index in [-0.39, 0.29) is 6.61 Å². The summed E-state index contributed by atoms with van der Waals surface area (Å²) in [6.45, 7) is 2.03. The third kappa shape index (κ3) is 2.35. The monoisotopic (exact) mass is 339 g/mol. The van der Waals surface area contributed by atoms with Crippen LogP contribution in [0.3, 0.4) is 0 Å². The van der Waals surface area contributed by atoms with Gasteiger partial charge in [0.1, 0.15) is 16.0 Å². The molecular weight excluding hydrogens is 326 g/mol. The summed E-state index contributed by atoms with van der Waals surface area (Å²) in [6.07, 6.45) is 3.74. The van der Waals surface area contributed by atoms with Gasteiger partial charge >= 0.3 is 5.97 Å². The van der Waals surface area contributed by atoms with Crippen LogP contribution in [0.25, 0.3) is 0 Å². The molecule has 20 heavy (non-hydrogen) atoms. The lowest BCUT2D eigenvalue weighted by Gasteiger charge is -2.07. The van der Waals surface area contributed by atoms with E-state index in [0.29, 0.717) is 22.0 Å². The summed E-state index contributed by atoms with van der Waals surface area (Å²) in [4.78, 5) is 12.0. The number of aryl methyl sites for hydroxylation is 2. The number of carbonyl (C=O) groups is 1. The molecule has 0 bridgehead atoms. The van der Waals surface area contributed by atoms with Crippen molar-refractivity contribution in [2.24, 2.45) is 7.05 Å². The Bertz CT molecular complexity index is 659. The Kier molecular flexibility index (Phi) is 3.33. The highest BCUT2D eigenvalue weighted by Gasteiger charge is 2.28. The summed E-state index contributed by atoms with van der Waals surface area (Å²) in [7, 11) is 1.74. The molecule has 0 N–H and O–H groups in total. The van der Waals surface area contributed by atoms with E-state index >= 15 is 0 Å². The number of esters is 1. The van der Waals surface area contributed by atoms with Gasteiger partial charge in [0.05, 0.1) is 6.20 Å². The van der Waals surface area contributed by atoms with Crippen LogP contribution < -0.4 is 0 Å². The Morgan fingerprint density at radius 2 is 2.25 bits per heavy atom. The Balaban J connectivity index is 1.71. The predicted octanol–water partition coefficient (Wildman–Crippen LogP) is 1.77. The molecule has 1 saturated carbocycles. The molecule has 1 aliphatic carbocycles. The lowest BCUT2D eigenvalue weighted by Crippen LogP contribution is -2.10. The first-order valence-corrected chi connectivity index (χ1v) is 7.12. The van der Waals surface area contributed by atoms with Gasteiger partial charge in [-0.05, 0) is 35.7 Å². The highest BCUT2D eigenvalue weighted by atomic mass is 79.9. The van der Waals surface area contributed by atoms with Crippen molar-refractivity contribution in [3.63, 3.8) is 0 Å². The zero-order chi connectivity index (χ0) is 14.3. The van der Waals surface area contributed by atoms with Gasteiger partial charge in [0.2, 0.25) is 0 Å².